The first-order valence-corrected chi connectivity index (χ1v) is 10.5. The SMILES string of the molecule is CC1CCCCC1NC(=NCC(=O)N(C)C)NC1CC(C)N(C2CC2)C1.I. The molecule has 3 fully saturated rings. The van der Waals surface area contributed by atoms with E-state index in [0.29, 0.717) is 24.0 Å². The number of carbonyl (C=O) groups is 1. The molecule has 7 heteroatoms. The molecule has 0 radical (unpaired) electrons. The summed E-state index contributed by atoms with van der Waals surface area (Å²) < 4.78 is 0. The zero-order chi connectivity index (χ0) is 18.7. The van der Waals surface area contributed by atoms with E-state index in [9.17, 15) is 4.79 Å². The molecule has 1 heterocycles. The first-order valence-electron chi connectivity index (χ1n) is 10.5. The van der Waals surface area contributed by atoms with E-state index in [0.717, 1.165) is 25.0 Å². The highest BCUT2D eigenvalue weighted by Crippen LogP contribution is 2.33. The zero-order valence-corrected chi connectivity index (χ0v) is 19.7. The van der Waals surface area contributed by atoms with Gasteiger partial charge >= 0.3 is 0 Å². The minimum atomic E-state index is 0. The van der Waals surface area contributed by atoms with Crippen molar-refractivity contribution in [1.82, 2.24) is 20.4 Å². The molecule has 6 nitrogen and oxygen atoms in total. The van der Waals surface area contributed by atoms with Crippen LogP contribution in [-0.2, 0) is 4.79 Å². The third-order valence-electron chi connectivity index (χ3n) is 6.28. The van der Waals surface area contributed by atoms with Gasteiger partial charge in [0.25, 0.3) is 0 Å². The predicted octanol–water partition coefficient (Wildman–Crippen LogP) is 2.43. The molecular formula is C20H38IN5O. The van der Waals surface area contributed by atoms with Crippen LogP contribution in [-0.4, -0.2) is 73.0 Å². The van der Waals surface area contributed by atoms with Gasteiger partial charge in [0.1, 0.15) is 6.54 Å². The molecule has 0 spiro atoms. The minimum Gasteiger partial charge on any atom is -0.353 e. The van der Waals surface area contributed by atoms with Crippen LogP contribution in [0.15, 0.2) is 4.99 Å². The number of hydrogen-bond donors (Lipinski definition) is 2. The van der Waals surface area contributed by atoms with Gasteiger partial charge in [-0.15, -0.1) is 24.0 Å². The second-order valence-corrected chi connectivity index (χ2v) is 8.82. The van der Waals surface area contributed by atoms with Crippen molar-refractivity contribution in [2.45, 2.75) is 83.0 Å². The van der Waals surface area contributed by atoms with Crippen molar-refractivity contribution >= 4 is 35.8 Å². The van der Waals surface area contributed by atoms with E-state index in [4.69, 9.17) is 0 Å². The van der Waals surface area contributed by atoms with Crippen molar-refractivity contribution in [3.8, 4) is 0 Å². The molecule has 0 aromatic carbocycles. The summed E-state index contributed by atoms with van der Waals surface area (Å²) >= 11 is 0. The third-order valence-corrected chi connectivity index (χ3v) is 6.28. The largest absolute Gasteiger partial charge is 0.353 e. The number of likely N-dealkylation sites (N-methyl/N-ethyl adjacent to an activating group) is 1. The van der Waals surface area contributed by atoms with Gasteiger partial charge in [-0.2, -0.15) is 0 Å². The van der Waals surface area contributed by atoms with Gasteiger partial charge in [-0.1, -0.05) is 19.8 Å². The number of nitrogens with zero attached hydrogens (tertiary/aromatic N) is 3. The van der Waals surface area contributed by atoms with E-state index in [-0.39, 0.29) is 36.4 Å². The number of carbonyl (C=O) groups excluding carboxylic acids is 1. The average molecular weight is 491 g/mol. The van der Waals surface area contributed by atoms with Gasteiger partial charge in [0, 0.05) is 44.8 Å². The Bertz CT molecular complexity index is 523. The van der Waals surface area contributed by atoms with Gasteiger partial charge in [-0.3, -0.25) is 9.69 Å². The summed E-state index contributed by atoms with van der Waals surface area (Å²) in [5.41, 5.74) is 0. The van der Waals surface area contributed by atoms with Crippen LogP contribution in [0.4, 0.5) is 0 Å². The third kappa shape index (κ3) is 6.48. The van der Waals surface area contributed by atoms with Crippen LogP contribution in [0.2, 0.25) is 0 Å². The van der Waals surface area contributed by atoms with E-state index in [1.54, 1.807) is 19.0 Å². The van der Waals surface area contributed by atoms with Crippen LogP contribution in [0.1, 0.15) is 58.8 Å². The number of rotatable bonds is 5. The highest BCUT2D eigenvalue weighted by atomic mass is 127. The second kappa shape index (κ2) is 10.3. The Morgan fingerprint density at radius 3 is 2.44 bits per heavy atom. The second-order valence-electron chi connectivity index (χ2n) is 8.82. The summed E-state index contributed by atoms with van der Waals surface area (Å²) in [7, 11) is 3.57. The lowest BCUT2D eigenvalue weighted by atomic mass is 9.86. The molecule has 1 amide bonds. The minimum absolute atomic E-state index is 0. The number of halogens is 1. The molecule has 4 atom stereocenters. The van der Waals surface area contributed by atoms with Gasteiger partial charge in [0.2, 0.25) is 5.91 Å². The van der Waals surface area contributed by atoms with Crippen LogP contribution in [0.5, 0.6) is 0 Å². The maximum Gasteiger partial charge on any atom is 0.243 e. The molecule has 3 aliphatic rings. The van der Waals surface area contributed by atoms with Crippen LogP contribution in [0.25, 0.3) is 0 Å². The van der Waals surface area contributed by atoms with E-state index >= 15 is 0 Å². The summed E-state index contributed by atoms with van der Waals surface area (Å²) in [6.45, 7) is 5.96. The smallest absolute Gasteiger partial charge is 0.243 e. The fourth-order valence-electron chi connectivity index (χ4n) is 4.40. The Morgan fingerprint density at radius 1 is 1.11 bits per heavy atom. The summed E-state index contributed by atoms with van der Waals surface area (Å²) in [6.07, 6.45) is 8.94. The lowest BCUT2D eigenvalue weighted by Crippen LogP contribution is -2.51. The number of hydrogen-bond acceptors (Lipinski definition) is 3. The molecular weight excluding hydrogens is 453 g/mol. The molecule has 156 valence electrons. The van der Waals surface area contributed by atoms with Crippen molar-refractivity contribution < 1.29 is 4.79 Å². The number of nitrogens with one attached hydrogen (secondary N) is 2. The molecule has 2 N–H and O–H groups in total. The molecule has 4 unspecified atom stereocenters. The van der Waals surface area contributed by atoms with Crippen molar-refractivity contribution in [1.29, 1.82) is 0 Å². The van der Waals surface area contributed by atoms with Gasteiger partial charge in [0.15, 0.2) is 5.96 Å². The molecule has 2 aliphatic carbocycles. The molecule has 1 saturated heterocycles. The summed E-state index contributed by atoms with van der Waals surface area (Å²) in [4.78, 5) is 20.9. The topological polar surface area (TPSA) is 60.0 Å². The zero-order valence-electron chi connectivity index (χ0n) is 17.4. The number of guanidine groups is 1. The van der Waals surface area contributed by atoms with Crippen molar-refractivity contribution in [2.24, 2.45) is 10.9 Å². The number of aliphatic imine (C=N–C) groups is 1. The van der Waals surface area contributed by atoms with E-state index in [2.05, 4.69) is 34.4 Å². The highest BCUT2D eigenvalue weighted by Gasteiger charge is 2.39. The van der Waals surface area contributed by atoms with Crippen LogP contribution < -0.4 is 10.6 Å². The Morgan fingerprint density at radius 2 is 1.81 bits per heavy atom. The molecule has 0 aromatic rings. The Kier molecular flexibility index (Phi) is 8.65. The van der Waals surface area contributed by atoms with Crippen LogP contribution >= 0.6 is 24.0 Å². The first kappa shape index (κ1) is 22.7. The van der Waals surface area contributed by atoms with Crippen molar-refractivity contribution in [2.75, 3.05) is 27.2 Å². The summed E-state index contributed by atoms with van der Waals surface area (Å²) in [6, 6.07) is 2.32. The molecule has 1 aliphatic heterocycles. The number of amides is 1. The molecule has 3 rings (SSSR count). The Balaban J connectivity index is 0.00000261. The Hall–Kier alpha value is -0.570. The molecule has 2 saturated carbocycles. The molecule has 27 heavy (non-hydrogen) atoms. The molecule has 0 aromatic heterocycles. The van der Waals surface area contributed by atoms with Gasteiger partial charge in [-0.25, -0.2) is 4.99 Å². The van der Waals surface area contributed by atoms with E-state index in [1.165, 1.54) is 38.5 Å². The average Bonchev–Trinajstić information content (AvgIpc) is 3.37. The molecule has 0 bridgehead atoms. The van der Waals surface area contributed by atoms with Gasteiger partial charge < -0.3 is 15.5 Å². The van der Waals surface area contributed by atoms with Crippen molar-refractivity contribution in [3.05, 3.63) is 0 Å². The van der Waals surface area contributed by atoms with E-state index in [1.807, 2.05) is 0 Å². The quantitative estimate of drug-likeness (QED) is 0.353. The van der Waals surface area contributed by atoms with Gasteiger partial charge in [0.05, 0.1) is 0 Å². The monoisotopic (exact) mass is 491 g/mol. The lowest BCUT2D eigenvalue weighted by Gasteiger charge is -2.31. The summed E-state index contributed by atoms with van der Waals surface area (Å²) in [5, 5.41) is 7.30. The summed E-state index contributed by atoms with van der Waals surface area (Å²) in [5.74, 6) is 1.53. The standard InChI is InChI=1S/C20H37N5O.HI/c1-14-7-5-6-8-18(14)23-20(21-12-19(26)24(3)4)22-16-11-15(2)25(13-16)17-9-10-17;/h14-18H,5-13H2,1-4H3,(H2,21,22,23);1H. The normalized spacial score (nSPS) is 31.9. The van der Waals surface area contributed by atoms with E-state index < -0.39 is 0 Å². The predicted molar refractivity (Wildman–Crippen MR) is 122 cm³/mol. The van der Waals surface area contributed by atoms with Gasteiger partial charge in [-0.05, 0) is 44.9 Å². The van der Waals surface area contributed by atoms with Crippen LogP contribution in [0.3, 0.4) is 0 Å². The highest BCUT2D eigenvalue weighted by molar-refractivity contribution is 14.0. The fraction of sp³-hybridized carbons (Fsp3) is 0.900. The lowest BCUT2D eigenvalue weighted by molar-refractivity contribution is -0.127. The maximum atomic E-state index is 12.0. The first-order chi connectivity index (χ1) is 12.4. The maximum absolute atomic E-state index is 12.0. The fourth-order valence-corrected chi connectivity index (χ4v) is 4.40. The number of likely N-dealkylation sites (tertiary alicyclic amines) is 1. The van der Waals surface area contributed by atoms with Crippen molar-refractivity contribution in [3.63, 3.8) is 0 Å². The van der Waals surface area contributed by atoms with Crippen LogP contribution in [0, 0.1) is 5.92 Å². The Labute approximate surface area is 181 Å².